The van der Waals surface area contributed by atoms with E-state index in [1.807, 2.05) is 12.1 Å². The van der Waals surface area contributed by atoms with E-state index in [0.29, 0.717) is 16.7 Å². The van der Waals surface area contributed by atoms with Gasteiger partial charge in [-0.1, -0.05) is 82.6 Å². The summed E-state index contributed by atoms with van der Waals surface area (Å²) in [5.74, 6) is -8.85. The van der Waals surface area contributed by atoms with E-state index in [2.05, 4.69) is 38.8 Å². The summed E-state index contributed by atoms with van der Waals surface area (Å²) >= 11 is 6.67. The number of halogens is 6. The Morgan fingerprint density at radius 1 is 0.741 bits per heavy atom. The van der Waals surface area contributed by atoms with Crippen molar-refractivity contribution in [3.05, 3.63) is 92.9 Å². The van der Waals surface area contributed by atoms with Gasteiger partial charge in [-0.05, 0) is 89.5 Å². The van der Waals surface area contributed by atoms with Gasteiger partial charge in [0.2, 0.25) is 5.91 Å². The first-order chi connectivity index (χ1) is 24.2. The number of nitrogens with zero attached hydrogens (tertiary/aromatic N) is 1. The molecule has 0 saturated carbocycles. The number of hydrogen-bond donors (Lipinski definition) is 3. The van der Waals surface area contributed by atoms with Crippen LogP contribution in [-0.2, 0) is 21.4 Å². The van der Waals surface area contributed by atoms with Crippen molar-refractivity contribution in [1.82, 2.24) is 4.90 Å². The number of hydrogen-bond acceptors (Lipinski definition) is 4. The fraction of sp³-hybridized carbons (Fsp3) is 0.371. The zero-order valence-corrected chi connectivity index (χ0v) is 32.0. The predicted octanol–water partition coefficient (Wildman–Crippen LogP) is 5.89. The predicted molar refractivity (Wildman–Crippen MR) is 224 cm³/mol. The molecular weight excluding hydrogens is 822 g/mol. The highest BCUT2D eigenvalue weighted by Gasteiger charge is 2.50. The van der Waals surface area contributed by atoms with E-state index in [4.69, 9.17) is 47.5 Å². The van der Waals surface area contributed by atoms with Crippen molar-refractivity contribution in [3.63, 3.8) is 0 Å². The van der Waals surface area contributed by atoms with Gasteiger partial charge in [0.05, 0.1) is 0 Å². The molecule has 0 aromatic heterocycles. The molecule has 273 valence electrons. The molecule has 0 spiro atoms. The molecule has 2 aliphatic heterocycles. The van der Waals surface area contributed by atoms with E-state index in [1.165, 1.54) is 30.3 Å². The van der Waals surface area contributed by atoms with Crippen LogP contribution in [0.3, 0.4) is 0 Å². The maximum atomic E-state index is 15.1. The van der Waals surface area contributed by atoms with E-state index >= 15 is 8.78 Å². The first-order valence-corrected chi connectivity index (χ1v) is 18.1. The summed E-state index contributed by atoms with van der Waals surface area (Å²) in [6.07, 6.45) is 2.36. The smallest absolute Gasteiger partial charge is 0.327 e. The molecule has 4 aromatic carbocycles. The quantitative estimate of drug-likeness (QED) is 0.159. The lowest BCUT2D eigenvalue weighted by Crippen LogP contribution is -2.57. The van der Waals surface area contributed by atoms with E-state index < -0.39 is 54.1 Å². The van der Waals surface area contributed by atoms with Crippen LogP contribution in [0, 0.1) is 5.92 Å². The fourth-order valence-corrected chi connectivity index (χ4v) is 7.24. The molecule has 4 atom stereocenters. The Morgan fingerprint density at radius 2 is 1.09 bits per heavy atom. The van der Waals surface area contributed by atoms with Gasteiger partial charge >= 0.3 is 5.97 Å². The highest BCUT2D eigenvalue weighted by atomic mass is 79.9. The van der Waals surface area contributed by atoms with E-state index in [0.717, 1.165) is 45.4 Å². The number of nitrogens with two attached hydrogens (primary N) is 2. The van der Waals surface area contributed by atoms with Crippen molar-refractivity contribution in [2.75, 3.05) is 0 Å². The molecular formula is C35H37B7Br2F4N3O3. The van der Waals surface area contributed by atoms with Gasteiger partial charge in [0, 0.05) is 84.3 Å². The van der Waals surface area contributed by atoms with Crippen molar-refractivity contribution >= 4 is 117 Å². The highest BCUT2D eigenvalue weighted by Crippen LogP contribution is 2.41. The third-order valence-corrected chi connectivity index (χ3v) is 10.3. The van der Waals surface area contributed by atoms with Crippen LogP contribution in [-0.4, -0.2) is 98.2 Å². The van der Waals surface area contributed by atoms with Gasteiger partial charge < -0.3 is 21.5 Å². The molecule has 6 rings (SSSR count). The molecule has 2 bridgehead atoms. The van der Waals surface area contributed by atoms with Crippen LogP contribution in [0.4, 0.5) is 17.6 Å². The van der Waals surface area contributed by atoms with Crippen LogP contribution >= 0.6 is 31.9 Å². The number of carbonyl (C=O) groups excluding carboxylic acids is 1. The highest BCUT2D eigenvalue weighted by molar-refractivity contribution is 9.10. The van der Waals surface area contributed by atoms with E-state index in [9.17, 15) is 18.4 Å². The van der Waals surface area contributed by atoms with Gasteiger partial charge in [-0.2, -0.15) is 17.6 Å². The molecule has 54 heavy (non-hydrogen) atoms. The van der Waals surface area contributed by atoms with Crippen LogP contribution in [0.15, 0.2) is 81.7 Å². The first kappa shape index (κ1) is 47.5. The SMILES string of the molecule is C.CC1CC2CCC(C1)N2C(=O)C(N)C(F)(F)c1ccc2cc(Br)ccc2c1.NC(C(=O)O)C(F)(F)c1ccc2cc(Br)ccc2c1.[B].[B]B([B])B([B])[B]. The average Bonchev–Trinajstić information content (AvgIpc) is 3.37. The van der Waals surface area contributed by atoms with Crippen molar-refractivity contribution in [1.29, 1.82) is 0 Å². The summed E-state index contributed by atoms with van der Waals surface area (Å²) in [5, 5.41) is 11.5. The van der Waals surface area contributed by atoms with Crippen LogP contribution in [0.2, 0.25) is 0 Å². The number of benzene rings is 4. The molecule has 2 fully saturated rings. The topological polar surface area (TPSA) is 110 Å². The lowest BCUT2D eigenvalue weighted by Gasteiger charge is -2.40. The maximum absolute atomic E-state index is 15.1. The lowest BCUT2D eigenvalue weighted by molar-refractivity contribution is -0.150. The number of carboxylic acid groups (broad SMARTS) is 1. The number of rotatable bonds is 7. The Bertz CT molecular complexity index is 1900. The Balaban J connectivity index is 0.000000328. The molecule has 11 radical (unpaired) electrons. The fourth-order valence-electron chi connectivity index (χ4n) is 6.49. The number of piperidine rings is 1. The number of aliphatic carboxylic acids is 1. The Hall–Kier alpha value is -2.61. The number of carboxylic acids is 1. The largest absolute Gasteiger partial charge is 0.480 e. The zero-order chi connectivity index (χ0) is 38.7. The molecule has 1 amide bonds. The number of alkyl halides is 4. The van der Waals surface area contributed by atoms with Crippen molar-refractivity contribution in [3.8, 4) is 0 Å². The second-order valence-electron chi connectivity index (χ2n) is 13.3. The zero-order valence-electron chi connectivity index (χ0n) is 28.8. The summed E-state index contributed by atoms with van der Waals surface area (Å²) in [6.45, 7) is 2.16. The van der Waals surface area contributed by atoms with E-state index in [-0.39, 0.29) is 33.5 Å². The van der Waals surface area contributed by atoms with Crippen molar-refractivity contribution < 1.29 is 32.3 Å². The van der Waals surface area contributed by atoms with Gasteiger partial charge in [-0.15, -0.1) is 0 Å². The van der Waals surface area contributed by atoms with Crippen LogP contribution < -0.4 is 11.5 Å². The monoisotopic (exact) mass is 858 g/mol. The lowest BCUT2D eigenvalue weighted by atomic mass is 8.81. The minimum Gasteiger partial charge on any atom is -0.480 e. The summed E-state index contributed by atoms with van der Waals surface area (Å²) < 4.78 is 59.8. The molecule has 2 heterocycles. The molecule has 0 aliphatic carbocycles. The summed E-state index contributed by atoms with van der Waals surface area (Å²) in [4.78, 5) is 25.2. The van der Waals surface area contributed by atoms with E-state index in [1.54, 1.807) is 35.2 Å². The molecule has 2 saturated heterocycles. The van der Waals surface area contributed by atoms with Gasteiger partial charge in [0.15, 0.2) is 12.1 Å². The second kappa shape index (κ2) is 19.5. The van der Waals surface area contributed by atoms with Gasteiger partial charge in [-0.25, -0.2) is 0 Å². The standard InChI is InChI=1S/C21H23BrF2N2O.C13H10BrF2NO2.CH4.B6.B/c1-12-8-17-6-7-18(9-12)26(17)20(27)19(25)21(23,24)15-4-2-14-11-16(22)5-3-13(14)10-15;14-10-4-2-7-5-9(3-1-8(7)6-10)13(15,16)11(17)12(18)19;;1-5(2)6(3)4;/h2-5,10-12,17-19H,6-9,25H2,1H3;1-6,11H,17H2,(H,18,19);1H4;;. The molecule has 4 unspecified atom stereocenters. The molecule has 5 N–H and O–H groups in total. The van der Waals surface area contributed by atoms with Crippen LogP contribution in [0.1, 0.15) is 51.2 Å². The molecule has 6 nitrogen and oxygen atoms in total. The number of fused-ring (bicyclic) bond motifs is 4. The molecule has 19 heteroatoms. The van der Waals surface area contributed by atoms with Gasteiger partial charge in [-0.3, -0.25) is 9.59 Å². The average molecular weight is 859 g/mol. The first-order valence-electron chi connectivity index (χ1n) is 16.5. The summed E-state index contributed by atoms with van der Waals surface area (Å²) in [6, 6.07) is 15.0. The van der Waals surface area contributed by atoms with Gasteiger partial charge in [0.1, 0.15) is 0 Å². The minimum atomic E-state index is -3.62. The summed E-state index contributed by atoms with van der Waals surface area (Å²) in [7, 11) is 19.9. The third kappa shape index (κ3) is 11.0. The Labute approximate surface area is 339 Å². The number of carbonyl (C=O) groups is 2. The normalized spacial score (nSPS) is 18.8. The molecule has 4 aromatic rings. The minimum absolute atomic E-state index is 0. The van der Waals surface area contributed by atoms with Crippen LogP contribution in [0.5, 0.6) is 0 Å². The van der Waals surface area contributed by atoms with Crippen molar-refractivity contribution in [2.24, 2.45) is 17.4 Å². The Kier molecular flexibility index (Phi) is 17.2. The van der Waals surface area contributed by atoms with Crippen LogP contribution in [0.25, 0.3) is 21.5 Å². The number of amides is 1. The van der Waals surface area contributed by atoms with Crippen molar-refractivity contribution in [2.45, 2.75) is 76.0 Å². The second-order valence-corrected chi connectivity index (χ2v) is 15.1. The summed E-state index contributed by atoms with van der Waals surface area (Å²) in [5.41, 5.74) is 10.3. The Morgan fingerprint density at radius 3 is 1.46 bits per heavy atom. The third-order valence-electron chi connectivity index (χ3n) is 9.36. The maximum Gasteiger partial charge on any atom is 0.327 e. The molecule has 2 aliphatic rings. The van der Waals surface area contributed by atoms with Gasteiger partial charge in [0.25, 0.3) is 11.8 Å².